The molecule has 90 valence electrons. The van der Waals surface area contributed by atoms with Gasteiger partial charge in [0.05, 0.1) is 6.61 Å². The van der Waals surface area contributed by atoms with Crippen molar-refractivity contribution in [2.24, 2.45) is 0 Å². The third-order valence-electron chi connectivity index (χ3n) is 3.22. The third-order valence-corrected chi connectivity index (χ3v) is 3.22. The van der Waals surface area contributed by atoms with E-state index < -0.39 is 0 Å². The summed E-state index contributed by atoms with van der Waals surface area (Å²) in [5.41, 5.74) is 2.21. The minimum absolute atomic E-state index is 0.140. The first kappa shape index (κ1) is 11.9. The van der Waals surface area contributed by atoms with Gasteiger partial charge in [0.15, 0.2) is 0 Å². The molecule has 1 aromatic carbocycles. The summed E-state index contributed by atoms with van der Waals surface area (Å²) in [5, 5.41) is 0. The van der Waals surface area contributed by atoms with Crippen LogP contribution < -0.4 is 0 Å². The van der Waals surface area contributed by atoms with Crippen LogP contribution >= 0.6 is 0 Å². The monoisotopic (exact) mass is 230 g/mol. The van der Waals surface area contributed by atoms with Gasteiger partial charge in [0.2, 0.25) is 0 Å². The van der Waals surface area contributed by atoms with Crippen LogP contribution in [-0.4, -0.2) is 12.6 Å². The number of hydrogen-bond donors (Lipinski definition) is 0. The maximum absolute atomic E-state index is 11.6. The van der Waals surface area contributed by atoms with E-state index in [1.54, 1.807) is 0 Å². The highest BCUT2D eigenvalue weighted by molar-refractivity contribution is 5.88. The number of benzene rings is 1. The Morgan fingerprint density at radius 2 is 2.12 bits per heavy atom. The van der Waals surface area contributed by atoms with Crippen molar-refractivity contribution >= 4 is 5.97 Å². The molecular formula is C15H18O2. The summed E-state index contributed by atoms with van der Waals surface area (Å²) in [4.78, 5) is 11.6. The molecule has 0 bridgehead atoms. The van der Waals surface area contributed by atoms with Crippen molar-refractivity contribution in [3.8, 4) is 0 Å². The number of ether oxygens (including phenoxy) is 1. The molecule has 0 saturated heterocycles. The maximum Gasteiger partial charge on any atom is 0.333 e. The Morgan fingerprint density at radius 1 is 1.35 bits per heavy atom. The Balaban J connectivity index is 2.00. The molecule has 17 heavy (non-hydrogen) atoms. The van der Waals surface area contributed by atoms with Crippen LogP contribution in [0.15, 0.2) is 42.0 Å². The van der Waals surface area contributed by atoms with Gasteiger partial charge in [0, 0.05) is 5.57 Å². The second-order valence-electron chi connectivity index (χ2n) is 4.33. The molecule has 0 fully saturated rings. The zero-order valence-electron chi connectivity index (χ0n) is 10.2. The summed E-state index contributed by atoms with van der Waals surface area (Å²) in [5.74, 6) is 0.411. The Kier molecular flexibility index (Phi) is 3.97. The SMILES string of the molecule is CCOC(=O)C1=CCC(c2ccccc2)CC1. The summed E-state index contributed by atoms with van der Waals surface area (Å²) in [6.45, 7) is 2.30. The Hall–Kier alpha value is -1.57. The second kappa shape index (κ2) is 5.67. The molecule has 0 spiro atoms. The van der Waals surface area contributed by atoms with Crippen LogP contribution in [-0.2, 0) is 9.53 Å². The van der Waals surface area contributed by atoms with Gasteiger partial charge in [0.25, 0.3) is 0 Å². The lowest BCUT2D eigenvalue weighted by molar-refractivity contribution is -0.138. The van der Waals surface area contributed by atoms with Gasteiger partial charge >= 0.3 is 5.97 Å². The predicted molar refractivity (Wildman–Crippen MR) is 67.8 cm³/mol. The van der Waals surface area contributed by atoms with Crippen LogP contribution in [0.1, 0.15) is 37.7 Å². The molecule has 0 aromatic heterocycles. The molecule has 1 aliphatic rings. The molecule has 1 unspecified atom stereocenters. The second-order valence-corrected chi connectivity index (χ2v) is 4.33. The molecule has 2 heteroatoms. The largest absolute Gasteiger partial charge is 0.463 e. The van der Waals surface area contributed by atoms with Crippen molar-refractivity contribution in [2.75, 3.05) is 6.61 Å². The molecule has 1 aliphatic carbocycles. The number of esters is 1. The van der Waals surface area contributed by atoms with Gasteiger partial charge in [-0.05, 0) is 37.7 Å². The zero-order valence-corrected chi connectivity index (χ0v) is 10.2. The van der Waals surface area contributed by atoms with E-state index in [0.717, 1.165) is 24.8 Å². The summed E-state index contributed by atoms with van der Waals surface area (Å²) in [6.07, 6.45) is 4.85. The molecule has 1 aromatic rings. The minimum Gasteiger partial charge on any atom is -0.463 e. The van der Waals surface area contributed by atoms with Crippen LogP contribution in [0.5, 0.6) is 0 Å². The molecule has 0 heterocycles. The third kappa shape index (κ3) is 2.96. The fraction of sp³-hybridized carbons (Fsp3) is 0.400. The van der Waals surface area contributed by atoms with Crippen LogP contribution in [0.2, 0.25) is 0 Å². The van der Waals surface area contributed by atoms with Gasteiger partial charge in [-0.2, -0.15) is 0 Å². The van der Waals surface area contributed by atoms with Crippen LogP contribution in [0.4, 0.5) is 0 Å². The molecule has 0 amide bonds. The Labute approximate surface area is 102 Å². The number of carbonyl (C=O) groups excluding carboxylic acids is 1. The lowest BCUT2D eigenvalue weighted by atomic mass is 9.85. The van der Waals surface area contributed by atoms with Gasteiger partial charge in [0.1, 0.15) is 0 Å². The molecule has 0 aliphatic heterocycles. The van der Waals surface area contributed by atoms with E-state index in [-0.39, 0.29) is 5.97 Å². The number of carbonyl (C=O) groups is 1. The van der Waals surface area contributed by atoms with Gasteiger partial charge in [-0.15, -0.1) is 0 Å². The summed E-state index contributed by atoms with van der Waals surface area (Å²) in [6, 6.07) is 10.5. The molecule has 0 radical (unpaired) electrons. The zero-order chi connectivity index (χ0) is 12.1. The summed E-state index contributed by atoms with van der Waals surface area (Å²) in [7, 11) is 0. The van der Waals surface area contributed by atoms with E-state index in [1.807, 2.05) is 19.1 Å². The standard InChI is InChI=1S/C15H18O2/c1-2-17-15(16)14-10-8-13(9-11-14)12-6-4-3-5-7-12/h3-7,10,13H,2,8-9,11H2,1H3. The maximum atomic E-state index is 11.6. The Morgan fingerprint density at radius 3 is 2.71 bits per heavy atom. The quantitative estimate of drug-likeness (QED) is 0.743. The van der Waals surface area contributed by atoms with Crippen molar-refractivity contribution in [3.05, 3.63) is 47.5 Å². The highest BCUT2D eigenvalue weighted by atomic mass is 16.5. The number of rotatable bonds is 3. The average Bonchev–Trinajstić information content (AvgIpc) is 2.40. The normalized spacial score (nSPS) is 19.6. The number of allylic oxidation sites excluding steroid dienone is 1. The van der Waals surface area contributed by atoms with E-state index in [9.17, 15) is 4.79 Å². The first-order chi connectivity index (χ1) is 8.31. The van der Waals surface area contributed by atoms with Gasteiger partial charge in [-0.1, -0.05) is 36.4 Å². The van der Waals surface area contributed by atoms with Crippen molar-refractivity contribution < 1.29 is 9.53 Å². The van der Waals surface area contributed by atoms with E-state index in [0.29, 0.717) is 12.5 Å². The first-order valence-corrected chi connectivity index (χ1v) is 6.22. The topological polar surface area (TPSA) is 26.3 Å². The Bertz CT molecular complexity index is 406. The molecular weight excluding hydrogens is 212 g/mol. The lowest BCUT2D eigenvalue weighted by Crippen LogP contribution is -2.13. The molecule has 2 rings (SSSR count). The molecule has 0 saturated carbocycles. The smallest absolute Gasteiger partial charge is 0.333 e. The highest BCUT2D eigenvalue weighted by Gasteiger charge is 2.20. The van der Waals surface area contributed by atoms with Crippen molar-refractivity contribution in [1.82, 2.24) is 0 Å². The van der Waals surface area contributed by atoms with Crippen molar-refractivity contribution in [3.63, 3.8) is 0 Å². The molecule has 1 atom stereocenters. The van der Waals surface area contributed by atoms with E-state index in [2.05, 4.69) is 24.3 Å². The summed E-state index contributed by atoms with van der Waals surface area (Å²) >= 11 is 0. The van der Waals surface area contributed by atoms with Gasteiger partial charge < -0.3 is 4.74 Å². The van der Waals surface area contributed by atoms with Crippen LogP contribution in [0.25, 0.3) is 0 Å². The fourth-order valence-corrected chi connectivity index (χ4v) is 2.27. The molecule has 0 N–H and O–H groups in total. The van der Waals surface area contributed by atoms with E-state index in [4.69, 9.17) is 4.74 Å². The lowest BCUT2D eigenvalue weighted by Gasteiger charge is -2.21. The summed E-state index contributed by atoms with van der Waals surface area (Å²) < 4.78 is 5.02. The first-order valence-electron chi connectivity index (χ1n) is 6.22. The van der Waals surface area contributed by atoms with Crippen LogP contribution in [0.3, 0.4) is 0 Å². The van der Waals surface area contributed by atoms with E-state index in [1.165, 1.54) is 5.56 Å². The minimum atomic E-state index is -0.140. The predicted octanol–water partition coefficient (Wildman–Crippen LogP) is 3.44. The van der Waals surface area contributed by atoms with Crippen molar-refractivity contribution in [1.29, 1.82) is 0 Å². The molecule has 2 nitrogen and oxygen atoms in total. The van der Waals surface area contributed by atoms with Gasteiger partial charge in [-0.3, -0.25) is 0 Å². The van der Waals surface area contributed by atoms with E-state index >= 15 is 0 Å². The highest BCUT2D eigenvalue weighted by Crippen LogP contribution is 2.32. The van der Waals surface area contributed by atoms with Crippen molar-refractivity contribution in [2.45, 2.75) is 32.1 Å². The number of hydrogen-bond acceptors (Lipinski definition) is 2. The fourth-order valence-electron chi connectivity index (χ4n) is 2.27. The average molecular weight is 230 g/mol. The van der Waals surface area contributed by atoms with Crippen LogP contribution in [0, 0.1) is 0 Å². The van der Waals surface area contributed by atoms with Gasteiger partial charge in [-0.25, -0.2) is 4.79 Å².